The minimum absolute atomic E-state index is 0.138. The average molecular weight is 410 g/mol. The zero-order valence-corrected chi connectivity index (χ0v) is 17.9. The number of nitrogens with zero attached hydrogens (tertiary/aromatic N) is 4. The Morgan fingerprint density at radius 2 is 2.03 bits per heavy atom. The number of hydrogen-bond acceptors (Lipinski definition) is 6. The molecule has 0 bridgehead atoms. The van der Waals surface area contributed by atoms with Gasteiger partial charge in [-0.2, -0.15) is 0 Å². The lowest BCUT2D eigenvalue weighted by molar-refractivity contribution is -0.138. The van der Waals surface area contributed by atoms with E-state index < -0.39 is 0 Å². The molecule has 2 fully saturated rings. The monoisotopic (exact) mass is 409 g/mol. The summed E-state index contributed by atoms with van der Waals surface area (Å²) < 4.78 is 5.46. The quantitative estimate of drug-likeness (QED) is 0.814. The van der Waals surface area contributed by atoms with Crippen LogP contribution in [0, 0.1) is 5.92 Å². The zero-order valence-electron chi connectivity index (χ0n) is 17.9. The molecule has 2 aliphatic rings. The van der Waals surface area contributed by atoms with E-state index in [0.29, 0.717) is 17.8 Å². The topological polar surface area (TPSA) is 80.2 Å². The molecule has 1 atom stereocenters. The molecule has 2 aromatic rings. The van der Waals surface area contributed by atoms with Crippen molar-refractivity contribution in [2.24, 2.45) is 5.92 Å². The van der Waals surface area contributed by atoms with Gasteiger partial charge in [-0.15, -0.1) is 0 Å². The lowest BCUT2D eigenvalue weighted by atomic mass is 9.85. The first-order valence-corrected chi connectivity index (χ1v) is 11.0. The van der Waals surface area contributed by atoms with Crippen LogP contribution in [-0.4, -0.2) is 59.1 Å². The molecule has 1 aliphatic carbocycles. The Morgan fingerprint density at radius 3 is 2.73 bits per heavy atom. The predicted octanol–water partition coefficient (Wildman–Crippen LogP) is 3.49. The average Bonchev–Trinajstić information content (AvgIpc) is 2.84. The molecule has 30 heavy (non-hydrogen) atoms. The Morgan fingerprint density at radius 1 is 1.20 bits per heavy atom. The van der Waals surface area contributed by atoms with Crippen LogP contribution in [0.2, 0.25) is 0 Å². The summed E-state index contributed by atoms with van der Waals surface area (Å²) in [7, 11) is 3.63. The fourth-order valence-electron chi connectivity index (χ4n) is 4.65. The summed E-state index contributed by atoms with van der Waals surface area (Å²) in [5, 5.41) is 3.15. The lowest BCUT2D eigenvalue weighted by Crippen LogP contribution is -2.43. The molecule has 1 aliphatic heterocycles. The van der Waals surface area contributed by atoms with Crippen molar-refractivity contribution in [1.82, 2.24) is 19.9 Å². The van der Waals surface area contributed by atoms with E-state index in [9.17, 15) is 4.79 Å². The molecule has 1 N–H and O–H groups in total. The van der Waals surface area contributed by atoms with E-state index >= 15 is 0 Å². The van der Waals surface area contributed by atoms with Crippen molar-refractivity contribution < 1.29 is 9.53 Å². The number of pyridine rings is 1. The lowest BCUT2D eigenvalue weighted by Gasteiger charge is -2.36. The number of likely N-dealkylation sites (tertiary alicyclic amines) is 1. The molecule has 160 valence electrons. The Bertz CT molecular complexity index is 852. The fourth-order valence-corrected chi connectivity index (χ4v) is 4.65. The van der Waals surface area contributed by atoms with Crippen LogP contribution in [0.3, 0.4) is 0 Å². The summed E-state index contributed by atoms with van der Waals surface area (Å²) in [6, 6.07) is 5.88. The van der Waals surface area contributed by atoms with Gasteiger partial charge in [0.25, 0.3) is 0 Å². The second kappa shape index (κ2) is 9.51. The zero-order chi connectivity index (χ0) is 20.9. The van der Waals surface area contributed by atoms with Crippen LogP contribution >= 0.6 is 0 Å². The summed E-state index contributed by atoms with van der Waals surface area (Å²) in [5.41, 5.74) is 1.89. The molecule has 3 heterocycles. The number of methoxy groups -OCH3 is 1. The molecule has 0 aromatic carbocycles. The first-order chi connectivity index (χ1) is 14.7. The fraction of sp³-hybridized carbons (Fsp3) is 0.565. The van der Waals surface area contributed by atoms with Gasteiger partial charge in [0.2, 0.25) is 5.91 Å². The SMILES string of the molecule is CNc1cc(C2CCCN(C(=O)C3CCC(OC)CC3)C2)nc(-c2cccnc2)n1. The number of carbonyl (C=O) groups is 1. The number of hydrogen-bond donors (Lipinski definition) is 1. The summed E-state index contributed by atoms with van der Waals surface area (Å²) >= 11 is 0. The van der Waals surface area contributed by atoms with E-state index in [1.807, 2.05) is 25.2 Å². The van der Waals surface area contributed by atoms with Crippen molar-refractivity contribution in [1.29, 1.82) is 0 Å². The van der Waals surface area contributed by atoms with Gasteiger partial charge < -0.3 is 15.0 Å². The van der Waals surface area contributed by atoms with Gasteiger partial charge in [0.1, 0.15) is 5.82 Å². The molecule has 0 radical (unpaired) electrons. The van der Waals surface area contributed by atoms with Crippen LogP contribution in [0.15, 0.2) is 30.6 Å². The maximum absolute atomic E-state index is 13.2. The van der Waals surface area contributed by atoms with Gasteiger partial charge in [0.05, 0.1) is 11.8 Å². The van der Waals surface area contributed by atoms with E-state index in [1.54, 1.807) is 19.5 Å². The highest BCUT2D eigenvalue weighted by Gasteiger charge is 2.33. The van der Waals surface area contributed by atoms with Gasteiger partial charge in [0, 0.05) is 63.1 Å². The molecule has 1 saturated carbocycles. The van der Waals surface area contributed by atoms with E-state index in [0.717, 1.165) is 68.7 Å². The van der Waals surface area contributed by atoms with Gasteiger partial charge in [-0.25, -0.2) is 9.97 Å². The highest BCUT2D eigenvalue weighted by molar-refractivity contribution is 5.79. The van der Waals surface area contributed by atoms with Crippen molar-refractivity contribution in [2.45, 2.75) is 50.5 Å². The Labute approximate surface area is 178 Å². The van der Waals surface area contributed by atoms with Gasteiger partial charge >= 0.3 is 0 Å². The Kier molecular flexibility index (Phi) is 6.57. The van der Waals surface area contributed by atoms with Gasteiger partial charge in [-0.3, -0.25) is 9.78 Å². The van der Waals surface area contributed by atoms with E-state index in [1.165, 1.54) is 0 Å². The number of nitrogens with one attached hydrogen (secondary N) is 1. The third kappa shape index (κ3) is 4.61. The van der Waals surface area contributed by atoms with Crippen molar-refractivity contribution >= 4 is 11.7 Å². The first kappa shape index (κ1) is 20.7. The van der Waals surface area contributed by atoms with Crippen LogP contribution in [0.5, 0.6) is 0 Å². The molecule has 1 saturated heterocycles. The van der Waals surface area contributed by atoms with Crippen molar-refractivity contribution in [2.75, 3.05) is 32.6 Å². The van der Waals surface area contributed by atoms with E-state index in [-0.39, 0.29) is 11.8 Å². The van der Waals surface area contributed by atoms with Crippen LogP contribution in [0.1, 0.15) is 50.1 Å². The number of ether oxygens (including phenoxy) is 1. The highest BCUT2D eigenvalue weighted by Crippen LogP contribution is 2.32. The highest BCUT2D eigenvalue weighted by atomic mass is 16.5. The molecule has 7 heteroatoms. The number of aromatic nitrogens is 3. The number of amides is 1. The summed E-state index contributed by atoms with van der Waals surface area (Å²) in [5.74, 6) is 2.14. The minimum atomic E-state index is 0.138. The van der Waals surface area contributed by atoms with E-state index in [2.05, 4.69) is 20.2 Å². The smallest absolute Gasteiger partial charge is 0.225 e. The molecule has 1 amide bonds. The van der Waals surface area contributed by atoms with Crippen molar-refractivity contribution in [3.05, 3.63) is 36.3 Å². The molecular weight excluding hydrogens is 378 g/mol. The molecule has 2 aromatic heterocycles. The number of anilines is 1. The van der Waals surface area contributed by atoms with Crippen LogP contribution in [-0.2, 0) is 9.53 Å². The molecule has 7 nitrogen and oxygen atoms in total. The van der Waals surface area contributed by atoms with E-state index in [4.69, 9.17) is 9.72 Å². The summed E-state index contributed by atoms with van der Waals surface area (Å²) in [6.45, 7) is 1.58. The number of rotatable bonds is 5. The molecule has 4 rings (SSSR count). The van der Waals surface area contributed by atoms with Gasteiger partial charge in [0.15, 0.2) is 5.82 Å². The minimum Gasteiger partial charge on any atom is -0.381 e. The van der Waals surface area contributed by atoms with Crippen LogP contribution < -0.4 is 5.32 Å². The molecular formula is C23H31N5O2. The second-order valence-corrected chi connectivity index (χ2v) is 8.33. The van der Waals surface area contributed by atoms with Gasteiger partial charge in [-0.05, 0) is 50.7 Å². The van der Waals surface area contributed by atoms with Crippen LogP contribution in [0.4, 0.5) is 5.82 Å². The third-order valence-electron chi connectivity index (χ3n) is 6.43. The normalized spacial score (nSPS) is 24.5. The van der Waals surface area contributed by atoms with Gasteiger partial charge in [-0.1, -0.05) is 0 Å². The van der Waals surface area contributed by atoms with Crippen molar-refractivity contribution in [3.63, 3.8) is 0 Å². The summed E-state index contributed by atoms with van der Waals surface area (Å²) in [4.78, 5) is 28.9. The standard InChI is InChI=1S/C23H31N5O2/c1-24-21-13-20(26-22(27-21)17-5-3-11-25-14-17)18-6-4-12-28(15-18)23(29)16-7-9-19(30-2)10-8-16/h3,5,11,13-14,16,18-19H,4,6-10,12,15H2,1-2H3,(H,24,26,27). The predicted molar refractivity (Wildman–Crippen MR) is 116 cm³/mol. The second-order valence-electron chi connectivity index (χ2n) is 8.33. The summed E-state index contributed by atoms with van der Waals surface area (Å²) in [6.07, 6.45) is 9.71. The van der Waals surface area contributed by atoms with Crippen LogP contribution in [0.25, 0.3) is 11.4 Å². The number of carbonyl (C=O) groups excluding carboxylic acids is 1. The first-order valence-electron chi connectivity index (χ1n) is 11.0. The molecule has 1 unspecified atom stereocenters. The maximum Gasteiger partial charge on any atom is 0.225 e. The Balaban J connectivity index is 1.50. The maximum atomic E-state index is 13.2. The Hall–Kier alpha value is -2.54. The molecule has 0 spiro atoms. The van der Waals surface area contributed by atoms with Crippen molar-refractivity contribution in [3.8, 4) is 11.4 Å². The number of piperidine rings is 1. The largest absolute Gasteiger partial charge is 0.381 e. The third-order valence-corrected chi connectivity index (χ3v) is 6.43.